The zero-order valence-electron chi connectivity index (χ0n) is 16.5. The molecule has 0 bridgehead atoms. The number of thioether (sulfide) groups is 1. The summed E-state index contributed by atoms with van der Waals surface area (Å²) in [7, 11) is 1.59. The molecule has 7 heteroatoms. The molecule has 0 aliphatic carbocycles. The Morgan fingerprint density at radius 3 is 2.03 bits per heavy atom. The Balaban J connectivity index is 1.54. The van der Waals surface area contributed by atoms with E-state index in [1.807, 2.05) is 19.1 Å². The maximum atomic E-state index is 13.0. The minimum absolute atomic E-state index is 0.112. The van der Waals surface area contributed by atoms with Crippen LogP contribution < -0.4 is 15.4 Å². The summed E-state index contributed by atoms with van der Waals surface area (Å²) in [6, 6.07) is 19.7. The van der Waals surface area contributed by atoms with Gasteiger partial charge in [-0.3, -0.25) is 9.59 Å². The van der Waals surface area contributed by atoms with Crippen molar-refractivity contribution in [1.82, 2.24) is 0 Å². The fraction of sp³-hybridized carbons (Fsp3) is 0.130. The number of nitrogens with one attached hydrogen (secondary N) is 2. The summed E-state index contributed by atoms with van der Waals surface area (Å²) in [5.74, 6) is -0.0957. The minimum atomic E-state index is -0.391. The van der Waals surface area contributed by atoms with Gasteiger partial charge in [0.1, 0.15) is 11.6 Å². The highest BCUT2D eigenvalue weighted by molar-refractivity contribution is 8.00. The summed E-state index contributed by atoms with van der Waals surface area (Å²) in [6.07, 6.45) is 0. The molecule has 0 saturated heterocycles. The standard InChI is InChI=1S/C23H21FN2O3S/c1-15(22(27)25-18-7-11-20(29-2)12-8-18)30-21-13-9-19(10-14-21)26-23(28)16-3-5-17(24)6-4-16/h3-15H,1-2H3,(H,25,27)(H,26,28). The van der Waals surface area contributed by atoms with Gasteiger partial charge in [-0.1, -0.05) is 0 Å². The monoisotopic (exact) mass is 424 g/mol. The smallest absolute Gasteiger partial charge is 0.255 e. The van der Waals surface area contributed by atoms with Crippen LogP contribution in [0.4, 0.5) is 15.8 Å². The van der Waals surface area contributed by atoms with E-state index in [0.29, 0.717) is 16.9 Å². The van der Waals surface area contributed by atoms with Gasteiger partial charge < -0.3 is 15.4 Å². The molecule has 2 amide bonds. The van der Waals surface area contributed by atoms with Gasteiger partial charge in [-0.2, -0.15) is 0 Å². The highest BCUT2D eigenvalue weighted by Crippen LogP contribution is 2.26. The van der Waals surface area contributed by atoms with E-state index in [4.69, 9.17) is 4.74 Å². The van der Waals surface area contributed by atoms with Crippen LogP contribution in [0.5, 0.6) is 5.75 Å². The van der Waals surface area contributed by atoms with Gasteiger partial charge in [-0.25, -0.2) is 4.39 Å². The lowest BCUT2D eigenvalue weighted by Gasteiger charge is -2.13. The van der Waals surface area contributed by atoms with Gasteiger partial charge in [-0.15, -0.1) is 11.8 Å². The molecule has 5 nitrogen and oxygen atoms in total. The molecule has 2 N–H and O–H groups in total. The highest BCUT2D eigenvalue weighted by Gasteiger charge is 2.15. The fourth-order valence-corrected chi connectivity index (χ4v) is 3.46. The number of hydrogen-bond acceptors (Lipinski definition) is 4. The summed E-state index contributed by atoms with van der Waals surface area (Å²) in [5.41, 5.74) is 1.69. The van der Waals surface area contributed by atoms with Gasteiger partial charge >= 0.3 is 0 Å². The van der Waals surface area contributed by atoms with E-state index in [1.165, 1.54) is 36.0 Å². The van der Waals surface area contributed by atoms with E-state index in [9.17, 15) is 14.0 Å². The number of benzene rings is 3. The van der Waals surface area contributed by atoms with Crippen LogP contribution in [0.25, 0.3) is 0 Å². The number of hydrogen-bond donors (Lipinski definition) is 2. The Hall–Kier alpha value is -3.32. The molecular weight excluding hydrogens is 403 g/mol. The maximum absolute atomic E-state index is 13.0. The molecule has 0 fully saturated rings. The van der Waals surface area contributed by atoms with Gasteiger partial charge in [0, 0.05) is 21.8 Å². The Labute approximate surface area is 178 Å². The largest absolute Gasteiger partial charge is 0.497 e. The Morgan fingerprint density at radius 1 is 0.867 bits per heavy atom. The van der Waals surface area contributed by atoms with Crippen LogP contribution in [-0.4, -0.2) is 24.2 Å². The van der Waals surface area contributed by atoms with Gasteiger partial charge in [-0.05, 0) is 79.7 Å². The molecule has 1 atom stereocenters. The van der Waals surface area contributed by atoms with Crippen LogP contribution in [0.2, 0.25) is 0 Å². The van der Waals surface area contributed by atoms with Crippen LogP contribution in [-0.2, 0) is 4.79 Å². The molecule has 0 aliphatic rings. The zero-order valence-corrected chi connectivity index (χ0v) is 17.3. The number of ether oxygens (including phenoxy) is 1. The molecule has 154 valence electrons. The lowest BCUT2D eigenvalue weighted by atomic mass is 10.2. The summed E-state index contributed by atoms with van der Waals surface area (Å²) in [4.78, 5) is 25.5. The lowest BCUT2D eigenvalue weighted by molar-refractivity contribution is -0.115. The minimum Gasteiger partial charge on any atom is -0.497 e. The van der Waals surface area contributed by atoms with Crippen molar-refractivity contribution in [2.75, 3.05) is 17.7 Å². The molecule has 0 aliphatic heterocycles. The van der Waals surface area contributed by atoms with Crippen LogP contribution >= 0.6 is 11.8 Å². The number of halogens is 1. The Kier molecular flexibility index (Phi) is 7.08. The Bertz CT molecular complexity index is 1010. The first-order chi connectivity index (χ1) is 14.4. The molecule has 1 unspecified atom stereocenters. The van der Waals surface area contributed by atoms with Crippen LogP contribution in [0.15, 0.2) is 77.7 Å². The highest BCUT2D eigenvalue weighted by atomic mass is 32.2. The fourth-order valence-electron chi connectivity index (χ4n) is 2.60. The van der Waals surface area contributed by atoms with Crippen LogP contribution in [0.1, 0.15) is 17.3 Å². The molecule has 0 aromatic heterocycles. The maximum Gasteiger partial charge on any atom is 0.255 e. The second kappa shape index (κ2) is 9.93. The average molecular weight is 424 g/mol. The van der Waals surface area contributed by atoms with E-state index in [2.05, 4.69) is 10.6 Å². The number of carbonyl (C=O) groups is 2. The third-order valence-electron chi connectivity index (χ3n) is 4.26. The van der Waals surface area contributed by atoms with E-state index >= 15 is 0 Å². The summed E-state index contributed by atoms with van der Waals surface area (Å²) >= 11 is 1.41. The number of anilines is 2. The predicted molar refractivity (Wildman–Crippen MR) is 118 cm³/mol. The van der Waals surface area contributed by atoms with Crippen molar-refractivity contribution in [3.05, 3.63) is 84.2 Å². The average Bonchev–Trinajstić information content (AvgIpc) is 2.76. The molecule has 3 aromatic carbocycles. The Morgan fingerprint density at radius 2 is 1.43 bits per heavy atom. The number of methoxy groups -OCH3 is 1. The molecule has 3 rings (SSSR count). The van der Waals surface area contributed by atoms with Crippen LogP contribution in [0, 0.1) is 5.82 Å². The van der Waals surface area contributed by atoms with Crippen molar-refractivity contribution in [2.45, 2.75) is 17.1 Å². The first kappa shape index (κ1) is 21.4. The predicted octanol–water partition coefficient (Wildman–Crippen LogP) is 5.21. The lowest BCUT2D eigenvalue weighted by Crippen LogP contribution is -2.22. The van der Waals surface area contributed by atoms with Crippen molar-refractivity contribution in [3.8, 4) is 5.75 Å². The second-order valence-corrected chi connectivity index (χ2v) is 7.88. The van der Waals surface area contributed by atoms with Crippen molar-refractivity contribution in [2.24, 2.45) is 0 Å². The van der Waals surface area contributed by atoms with Crippen molar-refractivity contribution in [1.29, 1.82) is 0 Å². The number of amides is 2. The van der Waals surface area contributed by atoms with Gasteiger partial charge in [0.05, 0.1) is 12.4 Å². The first-order valence-corrected chi connectivity index (χ1v) is 10.1. The molecule has 3 aromatic rings. The van der Waals surface area contributed by atoms with Gasteiger partial charge in [0.25, 0.3) is 5.91 Å². The number of rotatable bonds is 7. The quantitative estimate of drug-likeness (QED) is 0.511. The van der Waals surface area contributed by atoms with Crippen LogP contribution in [0.3, 0.4) is 0 Å². The molecule has 0 radical (unpaired) electrons. The topological polar surface area (TPSA) is 67.4 Å². The third kappa shape index (κ3) is 5.84. The molecule has 30 heavy (non-hydrogen) atoms. The van der Waals surface area contributed by atoms with E-state index in [0.717, 1.165) is 10.6 Å². The molecular formula is C23H21FN2O3S. The van der Waals surface area contributed by atoms with E-state index < -0.39 is 5.82 Å². The summed E-state index contributed by atoms with van der Waals surface area (Å²) < 4.78 is 18.1. The van der Waals surface area contributed by atoms with E-state index in [-0.39, 0.29) is 17.1 Å². The zero-order chi connectivity index (χ0) is 21.5. The summed E-state index contributed by atoms with van der Waals surface area (Å²) in [5, 5.41) is 5.32. The normalized spacial score (nSPS) is 11.4. The molecule has 0 heterocycles. The molecule has 0 spiro atoms. The summed E-state index contributed by atoms with van der Waals surface area (Å²) in [6.45, 7) is 1.83. The first-order valence-electron chi connectivity index (χ1n) is 9.23. The SMILES string of the molecule is COc1ccc(NC(=O)C(C)Sc2ccc(NC(=O)c3ccc(F)cc3)cc2)cc1. The van der Waals surface area contributed by atoms with Crippen molar-refractivity contribution < 1.29 is 18.7 Å². The van der Waals surface area contributed by atoms with E-state index in [1.54, 1.807) is 43.5 Å². The van der Waals surface area contributed by atoms with Gasteiger partial charge in [0.2, 0.25) is 5.91 Å². The number of carbonyl (C=O) groups excluding carboxylic acids is 2. The van der Waals surface area contributed by atoms with Gasteiger partial charge in [0.15, 0.2) is 0 Å². The van der Waals surface area contributed by atoms with Crippen molar-refractivity contribution >= 4 is 35.0 Å². The second-order valence-electron chi connectivity index (χ2n) is 6.46. The van der Waals surface area contributed by atoms with Crippen molar-refractivity contribution in [3.63, 3.8) is 0 Å². The molecule has 0 saturated carbocycles. The third-order valence-corrected chi connectivity index (χ3v) is 5.37.